The van der Waals surface area contributed by atoms with Gasteiger partial charge in [0.05, 0.1) is 0 Å². The molecular weight excluding hydrogens is 440 g/mol. The van der Waals surface area contributed by atoms with Crippen molar-refractivity contribution in [1.29, 1.82) is 0 Å². The van der Waals surface area contributed by atoms with Gasteiger partial charge in [0.1, 0.15) is 6.10 Å². The Morgan fingerprint density at radius 2 is 1.78 bits per heavy atom. The maximum atomic E-state index is 12.4. The summed E-state index contributed by atoms with van der Waals surface area (Å²) in [5, 5.41) is 0. The van der Waals surface area contributed by atoms with E-state index >= 15 is 0 Å². The molecule has 0 unspecified atom stereocenters. The molecule has 0 amide bonds. The van der Waals surface area contributed by atoms with Gasteiger partial charge in [0.15, 0.2) is 0 Å². The number of hydrogen-bond donors (Lipinski definition) is 0. The number of rotatable bonds is 11. The molecule has 8 atom stereocenters. The van der Waals surface area contributed by atoms with E-state index in [1.54, 1.807) is 5.57 Å². The first-order valence-corrected chi connectivity index (χ1v) is 16.1. The summed E-state index contributed by atoms with van der Waals surface area (Å²) in [6.07, 6.45) is 22.5. The second-order valence-corrected chi connectivity index (χ2v) is 14.5. The molecule has 0 saturated heterocycles. The molecule has 0 N–H and O–H groups in total. The van der Waals surface area contributed by atoms with Crippen LogP contribution >= 0.6 is 0 Å². The Hall–Kier alpha value is -0.790. The summed E-state index contributed by atoms with van der Waals surface area (Å²) in [6, 6.07) is 0. The Labute approximate surface area is 223 Å². The number of esters is 1. The van der Waals surface area contributed by atoms with Crippen LogP contribution in [0.25, 0.3) is 0 Å². The molecule has 0 aromatic rings. The molecule has 3 fully saturated rings. The summed E-state index contributed by atoms with van der Waals surface area (Å²) < 4.78 is 5.99. The van der Waals surface area contributed by atoms with Crippen molar-refractivity contribution in [2.75, 3.05) is 0 Å². The van der Waals surface area contributed by atoms with Gasteiger partial charge in [-0.25, -0.2) is 0 Å². The lowest BCUT2D eigenvalue weighted by molar-refractivity contribution is -0.151. The number of allylic oxidation sites excluding steroid dienone is 1. The zero-order valence-electron chi connectivity index (χ0n) is 24.7. The molecule has 0 aromatic heterocycles. The number of hydrogen-bond acceptors (Lipinski definition) is 2. The zero-order valence-corrected chi connectivity index (χ0v) is 24.7. The van der Waals surface area contributed by atoms with Gasteiger partial charge in [-0.15, -0.1) is 0 Å². The number of carbonyl (C=O) groups is 1. The summed E-state index contributed by atoms with van der Waals surface area (Å²) in [5.74, 6) is 5.34. The van der Waals surface area contributed by atoms with Crippen molar-refractivity contribution in [2.45, 2.75) is 150 Å². The molecule has 4 rings (SSSR count). The molecule has 36 heavy (non-hydrogen) atoms. The molecule has 2 heteroatoms. The molecule has 0 aromatic carbocycles. The van der Waals surface area contributed by atoms with Crippen LogP contribution in [-0.4, -0.2) is 12.1 Å². The highest BCUT2D eigenvalue weighted by Gasteiger charge is 2.59. The molecule has 0 radical (unpaired) electrons. The Morgan fingerprint density at radius 3 is 2.53 bits per heavy atom. The minimum atomic E-state index is 0.0435. The normalized spacial score (nSPS) is 38.6. The molecule has 4 aliphatic rings. The molecular formula is C34H58O2. The van der Waals surface area contributed by atoms with Crippen LogP contribution in [0.4, 0.5) is 0 Å². The Morgan fingerprint density at radius 1 is 0.972 bits per heavy atom. The summed E-state index contributed by atoms with van der Waals surface area (Å²) >= 11 is 0. The van der Waals surface area contributed by atoms with Crippen molar-refractivity contribution >= 4 is 5.97 Å². The Balaban J connectivity index is 1.36. The SMILES string of the molecule is CCCCCCC(=O)O[C@@H]1CC[C@]2(C)C(=CC[C@H]3[C@H]4CC[C@H]([C@@H](C)CCCC(C)C)[C@]4(C)CC[C@H]32)C1. The number of ether oxygens (including phenoxy) is 1. The van der Waals surface area contributed by atoms with Crippen molar-refractivity contribution in [2.24, 2.45) is 46.3 Å². The van der Waals surface area contributed by atoms with Gasteiger partial charge in [0.25, 0.3) is 0 Å². The average Bonchev–Trinajstić information content (AvgIpc) is 3.19. The third-order valence-electron chi connectivity index (χ3n) is 11.8. The van der Waals surface area contributed by atoms with E-state index in [0.29, 0.717) is 17.3 Å². The molecule has 0 heterocycles. The lowest BCUT2D eigenvalue weighted by atomic mass is 9.47. The van der Waals surface area contributed by atoms with E-state index in [9.17, 15) is 4.79 Å². The maximum absolute atomic E-state index is 12.4. The summed E-state index contributed by atoms with van der Waals surface area (Å²) in [4.78, 5) is 12.4. The predicted octanol–water partition coefficient (Wildman–Crippen LogP) is 9.91. The van der Waals surface area contributed by atoms with Crippen LogP contribution in [0.15, 0.2) is 11.6 Å². The van der Waals surface area contributed by atoms with E-state index in [1.807, 2.05) is 0 Å². The molecule has 2 nitrogen and oxygen atoms in total. The van der Waals surface area contributed by atoms with Gasteiger partial charge < -0.3 is 4.74 Å². The van der Waals surface area contributed by atoms with Gasteiger partial charge in [-0.05, 0) is 97.7 Å². The summed E-state index contributed by atoms with van der Waals surface area (Å²) in [5.41, 5.74) is 2.54. The monoisotopic (exact) mass is 498 g/mol. The minimum Gasteiger partial charge on any atom is -0.462 e. The number of carbonyl (C=O) groups excluding carboxylic acids is 1. The fourth-order valence-corrected chi connectivity index (χ4v) is 9.69. The molecule has 3 saturated carbocycles. The zero-order chi connectivity index (χ0) is 25.9. The van der Waals surface area contributed by atoms with Gasteiger partial charge in [-0.2, -0.15) is 0 Å². The fraction of sp³-hybridized carbons (Fsp3) is 0.912. The van der Waals surface area contributed by atoms with E-state index < -0.39 is 0 Å². The van der Waals surface area contributed by atoms with Crippen LogP contribution in [0.2, 0.25) is 0 Å². The highest BCUT2D eigenvalue weighted by atomic mass is 16.5. The first-order chi connectivity index (χ1) is 17.2. The van der Waals surface area contributed by atoms with Crippen LogP contribution in [0.1, 0.15) is 144 Å². The predicted molar refractivity (Wildman–Crippen MR) is 152 cm³/mol. The second-order valence-electron chi connectivity index (χ2n) is 14.5. The van der Waals surface area contributed by atoms with Crippen molar-refractivity contribution in [1.82, 2.24) is 0 Å². The third kappa shape index (κ3) is 5.78. The highest BCUT2D eigenvalue weighted by molar-refractivity contribution is 5.69. The first-order valence-electron chi connectivity index (χ1n) is 16.1. The van der Waals surface area contributed by atoms with Crippen LogP contribution < -0.4 is 0 Å². The number of fused-ring (bicyclic) bond motifs is 5. The molecule has 0 spiro atoms. The van der Waals surface area contributed by atoms with E-state index in [-0.39, 0.29) is 12.1 Å². The first kappa shape index (κ1) is 28.2. The van der Waals surface area contributed by atoms with Gasteiger partial charge in [-0.1, -0.05) is 91.7 Å². The van der Waals surface area contributed by atoms with Crippen molar-refractivity contribution in [3.05, 3.63) is 11.6 Å². The van der Waals surface area contributed by atoms with Crippen molar-refractivity contribution in [3.63, 3.8) is 0 Å². The van der Waals surface area contributed by atoms with Gasteiger partial charge in [-0.3, -0.25) is 4.79 Å². The topological polar surface area (TPSA) is 26.3 Å². The fourth-order valence-electron chi connectivity index (χ4n) is 9.69. The van der Waals surface area contributed by atoms with E-state index in [1.165, 1.54) is 70.6 Å². The highest BCUT2D eigenvalue weighted by Crippen LogP contribution is 2.67. The van der Waals surface area contributed by atoms with Gasteiger partial charge in [0, 0.05) is 12.8 Å². The average molecular weight is 499 g/mol. The van der Waals surface area contributed by atoms with Gasteiger partial charge in [0.2, 0.25) is 0 Å². The molecule has 0 aliphatic heterocycles. The van der Waals surface area contributed by atoms with Crippen LogP contribution in [-0.2, 0) is 9.53 Å². The molecule has 4 aliphatic carbocycles. The van der Waals surface area contributed by atoms with Crippen molar-refractivity contribution < 1.29 is 9.53 Å². The van der Waals surface area contributed by atoms with E-state index in [0.717, 1.165) is 61.2 Å². The standard InChI is InChI=1S/C34H58O2/c1-7-8-9-10-14-32(35)36-27-19-21-33(5)26(23-27)15-16-28-30-18-17-29(25(4)13-11-12-24(2)3)34(30,6)22-20-31(28)33/h15,24-25,27-31H,7-14,16-23H2,1-6H3/t25-,27+,28-,29+,30+,31+,33+,34-/m0/s1. The van der Waals surface area contributed by atoms with E-state index in [2.05, 4.69) is 47.6 Å². The van der Waals surface area contributed by atoms with Crippen LogP contribution in [0, 0.1) is 46.3 Å². The Bertz CT molecular complexity index is 767. The molecule has 206 valence electrons. The second kappa shape index (κ2) is 11.9. The largest absolute Gasteiger partial charge is 0.462 e. The quantitative estimate of drug-likeness (QED) is 0.161. The number of unbranched alkanes of at least 4 members (excludes halogenated alkanes) is 3. The third-order valence-corrected chi connectivity index (χ3v) is 11.8. The van der Waals surface area contributed by atoms with Crippen molar-refractivity contribution in [3.8, 4) is 0 Å². The smallest absolute Gasteiger partial charge is 0.306 e. The lowest BCUT2D eigenvalue weighted by Gasteiger charge is -2.58. The van der Waals surface area contributed by atoms with Crippen LogP contribution in [0.5, 0.6) is 0 Å². The Kier molecular flexibility index (Phi) is 9.36. The summed E-state index contributed by atoms with van der Waals surface area (Å²) in [6.45, 7) is 14.8. The maximum Gasteiger partial charge on any atom is 0.306 e. The van der Waals surface area contributed by atoms with Crippen LogP contribution in [0.3, 0.4) is 0 Å². The lowest BCUT2D eigenvalue weighted by Crippen LogP contribution is -2.51. The summed E-state index contributed by atoms with van der Waals surface area (Å²) in [7, 11) is 0. The van der Waals surface area contributed by atoms with E-state index in [4.69, 9.17) is 4.74 Å². The minimum absolute atomic E-state index is 0.0435. The van der Waals surface area contributed by atoms with Gasteiger partial charge >= 0.3 is 5.97 Å². The molecule has 0 bridgehead atoms.